The third-order valence-electron chi connectivity index (χ3n) is 4.44. The summed E-state index contributed by atoms with van der Waals surface area (Å²) in [7, 11) is -1.93. The Hall–Kier alpha value is -2.10. The first kappa shape index (κ1) is 20.6. The van der Waals surface area contributed by atoms with Gasteiger partial charge in [0, 0.05) is 19.3 Å². The van der Waals surface area contributed by atoms with Crippen molar-refractivity contribution in [3.8, 4) is 5.75 Å². The number of hydrogen-bond acceptors (Lipinski definition) is 6. The number of pyridine rings is 1. The van der Waals surface area contributed by atoms with Crippen LogP contribution < -0.4 is 10.1 Å². The average molecular weight is 422 g/mol. The first-order valence-electron chi connectivity index (χ1n) is 8.98. The van der Waals surface area contributed by atoms with Gasteiger partial charge in [0.05, 0.1) is 23.1 Å². The number of para-hydroxylation sites is 2. The summed E-state index contributed by atoms with van der Waals surface area (Å²) < 4.78 is 31.8. The molecule has 0 unspecified atom stereocenters. The lowest BCUT2D eigenvalue weighted by Crippen LogP contribution is -2.28. The summed E-state index contributed by atoms with van der Waals surface area (Å²) in [6.45, 7) is 2.88. The number of nitrogens with zero attached hydrogens (tertiary/aromatic N) is 2. The predicted molar refractivity (Wildman–Crippen MR) is 109 cm³/mol. The van der Waals surface area contributed by atoms with E-state index in [0.717, 1.165) is 12.8 Å². The van der Waals surface area contributed by atoms with Crippen molar-refractivity contribution in [1.82, 2.24) is 9.29 Å². The van der Waals surface area contributed by atoms with Crippen molar-refractivity contribution < 1.29 is 17.9 Å². The number of benzene rings is 1. The molecule has 3 rings (SSSR count). The van der Waals surface area contributed by atoms with Crippen LogP contribution in [-0.4, -0.2) is 49.1 Å². The van der Waals surface area contributed by atoms with Crippen LogP contribution in [0.2, 0.25) is 0 Å². The van der Waals surface area contributed by atoms with Crippen LogP contribution in [0, 0.1) is 0 Å². The Kier molecular flexibility index (Phi) is 6.58. The van der Waals surface area contributed by atoms with Crippen LogP contribution in [0.1, 0.15) is 19.8 Å². The minimum absolute atomic E-state index is 0.185. The molecule has 2 aromatic rings. The molecule has 1 aliphatic rings. The Bertz CT molecular complexity index is 926. The van der Waals surface area contributed by atoms with Gasteiger partial charge < -0.3 is 10.1 Å². The molecule has 28 heavy (non-hydrogen) atoms. The summed E-state index contributed by atoms with van der Waals surface area (Å²) in [4.78, 5) is 16.9. The van der Waals surface area contributed by atoms with Crippen molar-refractivity contribution >= 4 is 33.4 Å². The maximum absolute atomic E-state index is 12.5. The summed E-state index contributed by atoms with van der Waals surface area (Å²) in [5.74, 6) is 0.396. The molecule has 0 bridgehead atoms. The monoisotopic (exact) mass is 421 g/mol. The Morgan fingerprint density at radius 1 is 1.21 bits per heavy atom. The number of carbonyl (C=O) groups excluding carboxylic acids is 1. The summed E-state index contributed by atoms with van der Waals surface area (Å²) >= 11 is 1.26. The molecule has 1 aromatic heterocycles. The van der Waals surface area contributed by atoms with Crippen LogP contribution in [0.4, 0.5) is 5.69 Å². The number of nitrogens with one attached hydrogen (secondary N) is 1. The Morgan fingerprint density at radius 3 is 2.57 bits per heavy atom. The number of methoxy groups -OCH3 is 1. The van der Waals surface area contributed by atoms with Gasteiger partial charge in [0.2, 0.25) is 15.9 Å². The second-order valence-electron chi connectivity index (χ2n) is 6.39. The lowest BCUT2D eigenvalue weighted by Gasteiger charge is -2.16. The number of rotatable bonds is 7. The Morgan fingerprint density at radius 2 is 1.93 bits per heavy atom. The van der Waals surface area contributed by atoms with Gasteiger partial charge in [-0.15, -0.1) is 0 Å². The molecule has 0 radical (unpaired) electrons. The molecule has 2 heterocycles. The van der Waals surface area contributed by atoms with E-state index in [4.69, 9.17) is 4.74 Å². The van der Waals surface area contributed by atoms with Crippen molar-refractivity contribution in [3.63, 3.8) is 0 Å². The van der Waals surface area contributed by atoms with Gasteiger partial charge in [0.1, 0.15) is 10.6 Å². The zero-order valence-corrected chi connectivity index (χ0v) is 17.4. The highest BCUT2D eigenvalue weighted by atomic mass is 32.2. The summed E-state index contributed by atoms with van der Waals surface area (Å²) in [5, 5.41) is 3.01. The number of thioether (sulfide) groups is 1. The molecular weight excluding hydrogens is 398 g/mol. The Balaban J connectivity index is 1.64. The van der Waals surface area contributed by atoms with Crippen LogP contribution in [0.15, 0.2) is 52.5 Å². The predicted octanol–water partition coefficient (Wildman–Crippen LogP) is 2.99. The van der Waals surface area contributed by atoms with Gasteiger partial charge in [0.25, 0.3) is 0 Å². The zero-order chi connectivity index (χ0) is 20.1. The average Bonchev–Trinajstić information content (AvgIpc) is 3.24. The first-order valence-corrected chi connectivity index (χ1v) is 11.3. The van der Waals surface area contributed by atoms with E-state index in [2.05, 4.69) is 10.3 Å². The van der Waals surface area contributed by atoms with Gasteiger partial charge in [0.15, 0.2) is 0 Å². The van der Waals surface area contributed by atoms with Crippen LogP contribution in [0.25, 0.3) is 0 Å². The quantitative estimate of drug-likeness (QED) is 0.692. The Labute approximate surface area is 169 Å². The molecule has 1 atom stereocenters. The highest BCUT2D eigenvalue weighted by Crippen LogP contribution is 2.27. The van der Waals surface area contributed by atoms with Crippen molar-refractivity contribution in [2.24, 2.45) is 0 Å². The van der Waals surface area contributed by atoms with Gasteiger partial charge in [-0.1, -0.05) is 23.9 Å². The van der Waals surface area contributed by atoms with E-state index in [1.807, 2.05) is 12.1 Å². The normalized spacial score (nSPS) is 15.9. The minimum Gasteiger partial charge on any atom is -0.495 e. The summed E-state index contributed by atoms with van der Waals surface area (Å²) in [5.41, 5.74) is 0.600. The van der Waals surface area contributed by atoms with Gasteiger partial charge in [-0.25, -0.2) is 13.4 Å². The topological polar surface area (TPSA) is 88.6 Å². The zero-order valence-electron chi connectivity index (χ0n) is 15.8. The summed E-state index contributed by atoms with van der Waals surface area (Å²) in [6, 6.07) is 10.4. The molecule has 1 fully saturated rings. The van der Waals surface area contributed by atoms with Crippen molar-refractivity contribution in [2.75, 3.05) is 25.5 Å². The fourth-order valence-electron chi connectivity index (χ4n) is 2.88. The van der Waals surface area contributed by atoms with E-state index in [9.17, 15) is 13.2 Å². The van der Waals surface area contributed by atoms with Gasteiger partial charge in [-0.2, -0.15) is 4.31 Å². The maximum Gasteiger partial charge on any atom is 0.244 e. The van der Waals surface area contributed by atoms with Crippen LogP contribution in [0.3, 0.4) is 0 Å². The SMILES string of the molecule is COc1ccccc1NC(=O)[C@H](C)Sc1ccc(S(=O)(=O)N2CCCC2)cn1. The molecule has 150 valence electrons. The first-order chi connectivity index (χ1) is 13.4. The molecule has 0 saturated carbocycles. The molecule has 7 nitrogen and oxygen atoms in total. The smallest absolute Gasteiger partial charge is 0.244 e. The van der Waals surface area contributed by atoms with E-state index in [0.29, 0.717) is 29.6 Å². The number of sulfonamides is 1. The molecule has 9 heteroatoms. The minimum atomic E-state index is -3.48. The van der Waals surface area contributed by atoms with E-state index >= 15 is 0 Å². The van der Waals surface area contributed by atoms with E-state index in [-0.39, 0.29) is 10.8 Å². The van der Waals surface area contributed by atoms with E-state index in [1.165, 1.54) is 22.3 Å². The fourth-order valence-corrected chi connectivity index (χ4v) is 5.13. The molecule has 1 saturated heterocycles. The highest BCUT2D eigenvalue weighted by molar-refractivity contribution is 8.00. The number of ether oxygens (including phenoxy) is 1. The fraction of sp³-hybridized carbons (Fsp3) is 0.368. The third kappa shape index (κ3) is 4.65. The molecule has 0 aliphatic carbocycles. The van der Waals surface area contributed by atoms with Crippen LogP contribution in [-0.2, 0) is 14.8 Å². The number of amides is 1. The maximum atomic E-state index is 12.5. The molecule has 1 N–H and O–H groups in total. The van der Waals surface area contributed by atoms with Crippen LogP contribution >= 0.6 is 11.8 Å². The number of anilines is 1. The largest absolute Gasteiger partial charge is 0.495 e. The van der Waals surface area contributed by atoms with Gasteiger partial charge in [-0.3, -0.25) is 4.79 Å². The molecule has 1 amide bonds. The van der Waals surface area contributed by atoms with Gasteiger partial charge >= 0.3 is 0 Å². The van der Waals surface area contributed by atoms with Crippen molar-refractivity contribution in [3.05, 3.63) is 42.6 Å². The van der Waals surface area contributed by atoms with Crippen molar-refractivity contribution in [2.45, 2.75) is 34.9 Å². The molecule has 0 spiro atoms. The van der Waals surface area contributed by atoms with Crippen molar-refractivity contribution in [1.29, 1.82) is 0 Å². The van der Waals surface area contributed by atoms with E-state index < -0.39 is 15.3 Å². The number of hydrogen-bond donors (Lipinski definition) is 1. The van der Waals surface area contributed by atoms with E-state index in [1.54, 1.807) is 38.3 Å². The summed E-state index contributed by atoms with van der Waals surface area (Å²) in [6.07, 6.45) is 3.14. The lowest BCUT2D eigenvalue weighted by molar-refractivity contribution is -0.115. The second-order valence-corrected chi connectivity index (χ2v) is 9.69. The highest BCUT2D eigenvalue weighted by Gasteiger charge is 2.27. The second kappa shape index (κ2) is 8.93. The van der Waals surface area contributed by atoms with Crippen LogP contribution in [0.5, 0.6) is 5.75 Å². The lowest BCUT2D eigenvalue weighted by atomic mass is 10.3. The molecular formula is C19H23N3O4S2. The molecule has 1 aliphatic heterocycles. The molecule has 1 aromatic carbocycles. The number of aromatic nitrogens is 1. The standard InChI is InChI=1S/C19H23N3O4S2/c1-14(19(23)21-16-7-3-4-8-17(16)26-2)27-18-10-9-15(13-20-18)28(24,25)22-11-5-6-12-22/h3-4,7-10,13-14H,5-6,11-12H2,1-2H3,(H,21,23)/t14-/m0/s1. The number of carbonyl (C=O) groups is 1. The third-order valence-corrected chi connectivity index (χ3v) is 7.38. The van der Waals surface area contributed by atoms with Gasteiger partial charge in [-0.05, 0) is 44.0 Å².